The third-order valence-electron chi connectivity index (χ3n) is 4.56. The van der Waals surface area contributed by atoms with Crippen LogP contribution in [-0.2, 0) is 6.42 Å². The van der Waals surface area contributed by atoms with E-state index in [1.165, 1.54) is 19.3 Å². The average Bonchev–Trinajstić information content (AvgIpc) is 3.00. The highest BCUT2D eigenvalue weighted by atomic mass is 16.5. The molecule has 5 nitrogen and oxygen atoms in total. The molecule has 1 N–H and O–H groups in total. The van der Waals surface area contributed by atoms with Crippen LogP contribution in [0.25, 0.3) is 0 Å². The predicted molar refractivity (Wildman–Crippen MR) is 72.7 cm³/mol. The summed E-state index contributed by atoms with van der Waals surface area (Å²) in [5.41, 5.74) is 0. The number of piperazine rings is 1. The first kappa shape index (κ1) is 13.1. The van der Waals surface area contributed by atoms with E-state index < -0.39 is 0 Å². The SMILES string of the molecule is CC1CCC(Cc2nc(C3CNCCN3C)no2)C1. The van der Waals surface area contributed by atoms with Gasteiger partial charge in [0.25, 0.3) is 0 Å². The van der Waals surface area contributed by atoms with Gasteiger partial charge in [-0.3, -0.25) is 4.90 Å². The molecule has 0 spiro atoms. The minimum Gasteiger partial charge on any atom is -0.339 e. The van der Waals surface area contributed by atoms with E-state index in [0.717, 1.165) is 49.6 Å². The Morgan fingerprint density at radius 3 is 3.05 bits per heavy atom. The molecular weight excluding hydrogens is 240 g/mol. The van der Waals surface area contributed by atoms with Gasteiger partial charge >= 0.3 is 0 Å². The van der Waals surface area contributed by atoms with Crippen LogP contribution >= 0.6 is 0 Å². The number of hydrogen-bond acceptors (Lipinski definition) is 5. The summed E-state index contributed by atoms with van der Waals surface area (Å²) < 4.78 is 5.45. The highest BCUT2D eigenvalue weighted by Crippen LogP contribution is 2.32. The molecular formula is C14H24N4O. The molecule has 1 saturated carbocycles. The van der Waals surface area contributed by atoms with Crippen molar-refractivity contribution in [2.75, 3.05) is 26.7 Å². The minimum absolute atomic E-state index is 0.258. The second-order valence-corrected chi connectivity index (χ2v) is 6.24. The van der Waals surface area contributed by atoms with Crippen molar-refractivity contribution in [2.24, 2.45) is 11.8 Å². The lowest BCUT2D eigenvalue weighted by molar-refractivity contribution is 0.190. The molecule has 0 radical (unpaired) electrons. The first-order valence-corrected chi connectivity index (χ1v) is 7.46. The maximum absolute atomic E-state index is 5.45. The molecule has 0 aromatic carbocycles. The fourth-order valence-electron chi connectivity index (χ4n) is 3.34. The monoisotopic (exact) mass is 264 g/mol. The van der Waals surface area contributed by atoms with Gasteiger partial charge in [-0.1, -0.05) is 18.5 Å². The second kappa shape index (κ2) is 5.59. The molecule has 2 aliphatic rings. The van der Waals surface area contributed by atoms with E-state index in [0.29, 0.717) is 0 Å². The maximum Gasteiger partial charge on any atom is 0.226 e. The second-order valence-electron chi connectivity index (χ2n) is 6.24. The summed E-state index contributed by atoms with van der Waals surface area (Å²) in [5, 5.41) is 7.57. The van der Waals surface area contributed by atoms with E-state index in [9.17, 15) is 0 Å². The first-order chi connectivity index (χ1) is 9.22. The van der Waals surface area contributed by atoms with Gasteiger partial charge in [-0.2, -0.15) is 4.98 Å². The summed E-state index contributed by atoms with van der Waals surface area (Å²) >= 11 is 0. The van der Waals surface area contributed by atoms with Crippen LogP contribution in [0.1, 0.15) is 43.9 Å². The Labute approximate surface area is 114 Å². The molecule has 1 aromatic rings. The molecule has 0 bridgehead atoms. The molecule has 3 unspecified atom stereocenters. The van der Waals surface area contributed by atoms with Gasteiger partial charge in [0, 0.05) is 26.1 Å². The number of likely N-dealkylation sites (N-methyl/N-ethyl adjacent to an activating group) is 1. The Morgan fingerprint density at radius 2 is 2.32 bits per heavy atom. The van der Waals surface area contributed by atoms with Crippen molar-refractivity contribution in [3.8, 4) is 0 Å². The lowest BCUT2D eigenvalue weighted by atomic mass is 10.0. The minimum atomic E-state index is 0.258. The van der Waals surface area contributed by atoms with Crippen molar-refractivity contribution in [1.29, 1.82) is 0 Å². The van der Waals surface area contributed by atoms with E-state index in [1.54, 1.807) is 0 Å². The molecule has 2 fully saturated rings. The summed E-state index contributed by atoms with van der Waals surface area (Å²) in [4.78, 5) is 6.91. The Morgan fingerprint density at radius 1 is 1.42 bits per heavy atom. The Balaban J connectivity index is 1.62. The largest absolute Gasteiger partial charge is 0.339 e. The van der Waals surface area contributed by atoms with Gasteiger partial charge in [-0.05, 0) is 31.7 Å². The number of hydrogen-bond donors (Lipinski definition) is 1. The van der Waals surface area contributed by atoms with Crippen LogP contribution < -0.4 is 5.32 Å². The smallest absolute Gasteiger partial charge is 0.226 e. The molecule has 3 atom stereocenters. The van der Waals surface area contributed by atoms with Gasteiger partial charge in [-0.25, -0.2) is 0 Å². The van der Waals surface area contributed by atoms with Crippen LogP contribution in [0, 0.1) is 11.8 Å². The van der Waals surface area contributed by atoms with Crippen LogP contribution in [0.2, 0.25) is 0 Å². The van der Waals surface area contributed by atoms with Crippen molar-refractivity contribution >= 4 is 0 Å². The van der Waals surface area contributed by atoms with Gasteiger partial charge in [0.05, 0.1) is 6.04 Å². The van der Waals surface area contributed by atoms with Gasteiger partial charge in [0.1, 0.15) is 0 Å². The normalized spacial score (nSPS) is 32.8. The summed E-state index contributed by atoms with van der Waals surface area (Å²) in [6, 6.07) is 0.258. The molecule has 0 amide bonds. The van der Waals surface area contributed by atoms with E-state index in [1.807, 2.05) is 0 Å². The maximum atomic E-state index is 5.45. The van der Waals surface area contributed by atoms with Crippen molar-refractivity contribution in [3.05, 3.63) is 11.7 Å². The van der Waals surface area contributed by atoms with Crippen molar-refractivity contribution in [1.82, 2.24) is 20.4 Å². The average molecular weight is 264 g/mol. The molecule has 106 valence electrons. The lowest BCUT2D eigenvalue weighted by Gasteiger charge is -2.30. The van der Waals surface area contributed by atoms with Crippen molar-refractivity contribution in [2.45, 2.75) is 38.6 Å². The lowest BCUT2D eigenvalue weighted by Crippen LogP contribution is -2.44. The topological polar surface area (TPSA) is 54.2 Å². The van der Waals surface area contributed by atoms with Crippen molar-refractivity contribution < 1.29 is 4.52 Å². The number of nitrogens with one attached hydrogen (secondary N) is 1. The zero-order chi connectivity index (χ0) is 13.2. The molecule has 5 heteroatoms. The highest BCUT2D eigenvalue weighted by molar-refractivity contribution is 4.98. The molecule has 1 aliphatic heterocycles. The predicted octanol–water partition coefficient (Wildman–Crippen LogP) is 1.62. The van der Waals surface area contributed by atoms with E-state index in [-0.39, 0.29) is 6.04 Å². The summed E-state index contributed by atoms with van der Waals surface area (Å²) in [7, 11) is 2.13. The molecule has 2 heterocycles. The summed E-state index contributed by atoms with van der Waals surface area (Å²) in [6.07, 6.45) is 4.93. The Hall–Kier alpha value is -0.940. The fraction of sp³-hybridized carbons (Fsp3) is 0.857. The summed E-state index contributed by atoms with van der Waals surface area (Å²) in [6.45, 7) is 5.32. The van der Waals surface area contributed by atoms with Gasteiger partial charge in [0.15, 0.2) is 5.82 Å². The highest BCUT2D eigenvalue weighted by Gasteiger charge is 2.27. The molecule has 1 aliphatic carbocycles. The van der Waals surface area contributed by atoms with Crippen LogP contribution in [0.15, 0.2) is 4.52 Å². The van der Waals surface area contributed by atoms with Crippen LogP contribution in [0.4, 0.5) is 0 Å². The third kappa shape index (κ3) is 2.98. The number of rotatable bonds is 3. The van der Waals surface area contributed by atoms with E-state index in [4.69, 9.17) is 4.52 Å². The first-order valence-electron chi connectivity index (χ1n) is 7.46. The van der Waals surface area contributed by atoms with Crippen LogP contribution in [-0.4, -0.2) is 41.7 Å². The molecule has 19 heavy (non-hydrogen) atoms. The fourth-order valence-corrected chi connectivity index (χ4v) is 3.34. The number of aromatic nitrogens is 2. The zero-order valence-corrected chi connectivity index (χ0v) is 11.9. The number of nitrogens with zero attached hydrogens (tertiary/aromatic N) is 3. The van der Waals surface area contributed by atoms with Gasteiger partial charge in [0.2, 0.25) is 5.89 Å². The zero-order valence-electron chi connectivity index (χ0n) is 11.9. The van der Waals surface area contributed by atoms with E-state index in [2.05, 4.69) is 34.3 Å². The van der Waals surface area contributed by atoms with Crippen molar-refractivity contribution in [3.63, 3.8) is 0 Å². The van der Waals surface area contributed by atoms with E-state index >= 15 is 0 Å². The van der Waals surface area contributed by atoms with Crippen LogP contribution in [0.3, 0.4) is 0 Å². The molecule has 1 saturated heterocycles. The standard InChI is InChI=1S/C14H24N4O/c1-10-3-4-11(7-10)8-13-16-14(17-19-13)12-9-15-5-6-18(12)2/h10-12,15H,3-9H2,1-2H3. The Bertz CT molecular complexity index is 419. The van der Waals surface area contributed by atoms with Gasteiger partial charge in [-0.15, -0.1) is 0 Å². The van der Waals surface area contributed by atoms with Crippen LogP contribution in [0.5, 0.6) is 0 Å². The molecule has 1 aromatic heterocycles. The molecule has 3 rings (SSSR count). The summed E-state index contributed by atoms with van der Waals surface area (Å²) in [5.74, 6) is 3.27. The quantitative estimate of drug-likeness (QED) is 0.899. The third-order valence-corrected chi connectivity index (χ3v) is 4.56. The van der Waals surface area contributed by atoms with Gasteiger partial charge < -0.3 is 9.84 Å². The Kier molecular flexibility index (Phi) is 3.84.